The van der Waals surface area contributed by atoms with Gasteiger partial charge in [0.05, 0.1) is 19.2 Å². The summed E-state index contributed by atoms with van der Waals surface area (Å²) >= 11 is 10.5. The molecule has 0 amide bonds. The Kier molecular flexibility index (Phi) is 6.43. The average molecular weight is 703 g/mol. The van der Waals surface area contributed by atoms with Crippen molar-refractivity contribution in [2.45, 2.75) is 38.5 Å². The van der Waals surface area contributed by atoms with Crippen molar-refractivity contribution in [3.8, 4) is 57.2 Å². The predicted molar refractivity (Wildman–Crippen MR) is 195 cm³/mol. The Morgan fingerprint density at radius 2 is 1.11 bits per heavy atom. The van der Waals surface area contributed by atoms with Crippen molar-refractivity contribution in [3.05, 3.63) is 70.1 Å². The van der Waals surface area contributed by atoms with E-state index in [0.717, 1.165) is 9.75 Å². The molecule has 12 heteroatoms. The smallest absolute Gasteiger partial charge is 0.350 e. The van der Waals surface area contributed by atoms with Gasteiger partial charge in [-0.05, 0) is 58.7 Å². The SMILES string of the molecule is [C-]#[N+]C(C#N)=Nc1ccc(-c2cc3c(s2)-c2sc4c5c(sc4c2C3(C)C)-c2sc(-c3ccc(N=C(C#N)C#N)s3)cc2C5(C)C)s1. The van der Waals surface area contributed by atoms with Gasteiger partial charge < -0.3 is 4.85 Å². The van der Waals surface area contributed by atoms with Gasteiger partial charge in [-0.1, -0.05) is 50.6 Å². The molecule has 0 atom stereocenters. The highest BCUT2D eigenvalue weighted by molar-refractivity contribution is 7.35. The van der Waals surface area contributed by atoms with Crippen LogP contribution in [0, 0.1) is 40.6 Å². The molecule has 0 saturated heterocycles. The summed E-state index contributed by atoms with van der Waals surface area (Å²) in [7, 11) is 0. The fourth-order valence-corrected chi connectivity index (χ4v) is 14.7. The summed E-state index contributed by atoms with van der Waals surface area (Å²) in [4.78, 5) is 21.6. The Balaban J connectivity index is 1.19. The highest BCUT2D eigenvalue weighted by Gasteiger charge is 2.46. The normalized spacial score (nSPS) is 14.9. The second-order valence-corrected chi connectivity index (χ2v) is 18.1. The van der Waals surface area contributed by atoms with Gasteiger partial charge in [-0.2, -0.15) is 10.5 Å². The van der Waals surface area contributed by atoms with E-state index in [-0.39, 0.29) is 22.4 Å². The number of hydrogen-bond donors (Lipinski definition) is 0. The maximum absolute atomic E-state index is 9.11. The summed E-state index contributed by atoms with van der Waals surface area (Å²) in [5.74, 6) is -0.148. The van der Waals surface area contributed by atoms with Crippen molar-refractivity contribution >= 4 is 99.0 Å². The number of thiophene rings is 6. The molecule has 0 radical (unpaired) electrons. The van der Waals surface area contributed by atoms with Crippen LogP contribution in [0.3, 0.4) is 0 Å². The van der Waals surface area contributed by atoms with Gasteiger partial charge in [0.15, 0.2) is 0 Å². The minimum absolute atomic E-state index is 0.133. The first kappa shape index (κ1) is 29.2. The number of amidine groups is 1. The van der Waals surface area contributed by atoms with Gasteiger partial charge in [-0.3, -0.25) is 0 Å². The minimum Gasteiger partial charge on any atom is -0.351 e. The number of fused-ring (bicyclic) bond motifs is 9. The van der Waals surface area contributed by atoms with Gasteiger partial charge in [0.25, 0.3) is 0 Å². The molecule has 0 fully saturated rings. The minimum atomic E-state index is -0.148. The summed E-state index contributed by atoms with van der Waals surface area (Å²) in [6, 6.07) is 18.0. The zero-order valence-corrected chi connectivity index (χ0v) is 29.5. The van der Waals surface area contributed by atoms with Crippen molar-refractivity contribution in [3.63, 3.8) is 0 Å². The Labute approximate surface area is 288 Å². The molecule has 0 unspecified atom stereocenters. The topological polar surface area (TPSA) is 100 Å². The Morgan fingerprint density at radius 1 is 0.630 bits per heavy atom. The molecule has 46 heavy (non-hydrogen) atoms. The predicted octanol–water partition coefficient (Wildman–Crippen LogP) is 11.7. The van der Waals surface area contributed by atoms with E-state index < -0.39 is 0 Å². The zero-order chi connectivity index (χ0) is 32.1. The van der Waals surface area contributed by atoms with Gasteiger partial charge in [-0.25, -0.2) is 10.3 Å². The molecule has 8 rings (SSSR count). The van der Waals surface area contributed by atoms with Gasteiger partial charge in [0.1, 0.15) is 23.2 Å². The summed E-state index contributed by atoms with van der Waals surface area (Å²) < 4.78 is 2.80. The summed E-state index contributed by atoms with van der Waals surface area (Å²) in [6.07, 6.45) is 0. The van der Waals surface area contributed by atoms with Gasteiger partial charge in [0, 0.05) is 40.1 Å². The molecule has 0 bridgehead atoms. The van der Waals surface area contributed by atoms with E-state index in [1.54, 1.807) is 0 Å². The first-order chi connectivity index (χ1) is 22.1. The van der Waals surface area contributed by atoms with E-state index in [1.807, 2.05) is 87.8 Å². The molecule has 0 N–H and O–H groups in total. The van der Waals surface area contributed by atoms with Crippen LogP contribution < -0.4 is 0 Å². The third kappa shape index (κ3) is 4.03. The molecule has 0 spiro atoms. The third-order valence-electron chi connectivity index (χ3n) is 8.52. The van der Waals surface area contributed by atoms with Crippen molar-refractivity contribution in [2.75, 3.05) is 0 Å². The second kappa shape index (κ2) is 10.1. The van der Waals surface area contributed by atoms with Crippen LogP contribution in [0.2, 0.25) is 0 Å². The molecule has 0 saturated carbocycles. The van der Waals surface area contributed by atoms with Crippen molar-refractivity contribution in [1.29, 1.82) is 15.8 Å². The zero-order valence-electron chi connectivity index (χ0n) is 24.6. The molecule has 0 aliphatic heterocycles. The fraction of sp³-hybridized carbons (Fsp3) is 0.176. The molecule has 0 aromatic carbocycles. The van der Waals surface area contributed by atoms with E-state index in [0.29, 0.717) is 10.0 Å². The molecule has 2 aliphatic rings. The summed E-state index contributed by atoms with van der Waals surface area (Å²) in [5.41, 5.74) is 5.17. The van der Waals surface area contributed by atoms with Crippen LogP contribution in [0.5, 0.6) is 0 Å². The van der Waals surface area contributed by atoms with E-state index in [2.05, 4.69) is 54.7 Å². The van der Waals surface area contributed by atoms with E-state index >= 15 is 0 Å². The number of rotatable bonds is 4. The maximum Gasteiger partial charge on any atom is 0.350 e. The van der Waals surface area contributed by atoms with Crippen molar-refractivity contribution in [1.82, 2.24) is 0 Å². The molecule has 6 nitrogen and oxygen atoms in total. The molecule has 220 valence electrons. The number of nitriles is 3. The lowest BCUT2D eigenvalue weighted by Crippen LogP contribution is -2.15. The molecule has 6 aromatic rings. The van der Waals surface area contributed by atoms with Crippen LogP contribution in [-0.4, -0.2) is 11.5 Å². The number of nitrogens with zero attached hydrogens (tertiary/aromatic N) is 6. The van der Waals surface area contributed by atoms with Crippen LogP contribution in [0.25, 0.3) is 53.3 Å². The first-order valence-electron chi connectivity index (χ1n) is 13.9. The molecule has 6 heterocycles. The van der Waals surface area contributed by atoms with Gasteiger partial charge in [0.2, 0.25) is 10.7 Å². The summed E-state index contributed by atoms with van der Waals surface area (Å²) in [5, 5.41) is 28.6. The maximum atomic E-state index is 9.11. The van der Waals surface area contributed by atoms with Crippen molar-refractivity contribution in [2.24, 2.45) is 9.98 Å². The first-order valence-corrected chi connectivity index (χ1v) is 18.8. The Bertz CT molecular complexity index is 2330. The van der Waals surface area contributed by atoms with Crippen LogP contribution in [0.15, 0.2) is 46.4 Å². The average Bonchev–Trinajstić information content (AvgIpc) is 3.87. The molecule has 2 aliphatic carbocycles. The lowest BCUT2D eigenvalue weighted by Gasteiger charge is -2.20. The van der Waals surface area contributed by atoms with Crippen molar-refractivity contribution < 1.29 is 0 Å². The second-order valence-electron chi connectivity index (χ2n) is 11.8. The van der Waals surface area contributed by atoms with Gasteiger partial charge in [-0.15, -0.1) is 56.7 Å². The molecular weight excluding hydrogens is 685 g/mol. The van der Waals surface area contributed by atoms with E-state index in [4.69, 9.17) is 22.4 Å². The van der Waals surface area contributed by atoms with E-state index in [9.17, 15) is 0 Å². The van der Waals surface area contributed by atoms with Crippen LogP contribution in [-0.2, 0) is 10.8 Å². The van der Waals surface area contributed by atoms with Crippen LogP contribution in [0.1, 0.15) is 49.9 Å². The fourth-order valence-electron chi connectivity index (χ4n) is 6.35. The highest BCUT2D eigenvalue weighted by atomic mass is 32.1. The quantitative estimate of drug-likeness (QED) is 0.104. The standard InChI is InChI=1S/C34H18N6S6/c1-33(2)16-10-20(18-6-8-23(41-18)39-15(12-35)13-36)43-27(16)29-25(33)31-32(45-29)26-30(46-31)28-17(34(26,3)4)11-21(44-28)19-7-9-24(42-19)40-22(14-37)38-5/h6-11H,1-4H3. The Morgan fingerprint density at radius 3 is 1.54 bits per heavy atom. The summed E-state index contributed by atoms with van der Waals surface area (Å²) in [6.45, 7) is 16.5. The van der Waals surface area contributed by atoms with E-state index in [1.165, 1.54) is 83.6 Å². The number of aliphatic imine (C=N–C) groups is 2. The monoisotopic (exact) mass is 702 g/mol. The highest BCUT2D eigenvalue weighted by Crippen LogP contribution is 2.66. The largest absolute Gasteiger partial charge is 0.351 e. The number of hydrogen-bond acceptors (Lipinski definition) is 11. The van der Waals surface area contributed by atoms with Crippen LogP contribution in [0.4, 0.5) is 10.0 Å². The molecule has 6 aromatic heterocycles. The lowest BCUT2D eigenvalue weighted by molar-refractivity contribution is 0.667. The molecular formula is C34H18N6S6. The van der Waals surface area contributed by atoms with Crippen LogP contribution >= 0.6 is 68.0 Å². The third-order valence-corrected chi connectivity index (χ3v) is 16.0. The Hall–Kier alpha value is -4.24. The van der Waals surface area contributed by atoms with Gasteiger partial charge >= 0.3 is 5.84 Å². The lowest BCUT2D eigenvalue weighted by atomic mass is 9.82.